The Balaban J connectivity index is 0.000001000. The third-order valence-electron chi connectivity index (χ3n) is 2.33. The molecule has 0 amide bonds. The maximum absolute atomic E-state index is 10.5. The lowest BCUT2D eigenvalue weighted by Crippen LogP contribution is -2.53. The second-order valence-electron chi connectivity index (χ2n) is 3.48. The van der Waals surface area contributed by atoms with E-state index in [1.807, 2.05) is 14.1 Å². The predicted molar refractivity (Wildman–Crippen MR) is 42.3 cm³/mol. The van der Waals surface area contributed by atoms with Crippen molar-refractivity contribution in [1.29, 1.82) is 0 Å². The number of carbonyl (C=O) groups excluding carboxylic acids is 1. The molecule has 1 aliphatic rings. The number of likely N-dealkylation sites (tertiary alicyclic amines) is 1. The molecule has 0 aromatic carbocycles. The third kappa shape index (κ3) is 2.07. The van der Waals surface area contributed by atoms with Crippen molar-refractivity contribution in [3.8, 4) is 0 Å². The summed E-state index contributed by atoms with van der Waals surface area (Å²) < 4.78 is 0.586. The zero-order valence-corrected chi connectivity index (χ0v) is 7.69. The fourth-order valence-electron chi connectivity index (χ4n) is 1.60. The van der Waals surface area contributed by atoms with Gasteiger partial charge in [-0.2, -0.15) is 0 Å². The van der Waals surface area contributed by atoms with Crippen LogP contribution < -0.4 is 5.11 Å². The Kier molecular flexibility index (Phi) is 3.32. The van der Waals surface area contributed by atoms with Gasteiger partial charge in [-0.1, -0.05) is 0 Å². The van der Waals surface area contributed by atoms with E-state index in [0.717, 1.165) is 19.4 Å². The lowest BCUT2D eigenvalue weighted by atomic mass is 10.2. The van der Waals surface area contributed by atoms with E-state index in [9.17, 15) is 9.90 Å². The largest absolute Gasteiger partial charge is 0.544 e. The molecule has 0 aromatic heterocycles. The number of aliphatic carboxylic acids is 1. The molecule has 1 unspecified atom stereocenters. The van der Waals surface area contributed by atoms with Crippen LogP contribution in [0.25, 0.3) is 0 Å². The molecular weight excluding hydrogens is 166 g/mol. The van der Waals surface area contributed by atoms with Crippen LogP contribution in [0.3, 0.4) is 0 Å². The summed E-state index contributed by atoms with van der Waals surface area (Å²) in [4.78, 5) is 10.5. The van der Waals surface area contributed by atoms with E-state index >= 15 is 0 Å². The first-order valence-corrected chi connectivity index (χ1v) is 3.57. The first-order chi connectivity index (χ1) is 4.54. The zero-order chi connectivity index (χ0) is 7.78. The van der Waals surface area contributed by atoms with Gasteiger partial charge in [0.2, 0.25) is 0 Å². The molecule has 1 atom stereocenters. The number of carboxylic acid groups (broad SMARTS) is 1. The standard InChI is InChI=1S/C7H13NO2.ClH/c1-8(2)5-3-4-6(8)7(9)10;/h6H,3-5H2,1-2H3;1H. The van der Waals surface area contributed by atoms with Crippen LogP contribution in [0.2, 0.25) is 0 Å². The molecule has 66 valence electrons. The lowest BCUT2D eigenvalue weighted by molar-refractivity contribution is -0.895. The third-order valence-corrected chi connectivity index (χ3v) is 2.33. The van der Waals surface area contributed by atoms with Crippen LogP contribution in [-0.2, 0) is 4.79 Å². The Morgan fingerprint density at radius 3 is 2.27 bits per heavy atom. The van der Waals surface area contributed by atoms with E-state index in [-0.39, 0.29) is 18.4 Å². The topological polar surface area (TPSA) is 40.1 Å². The first kappa shape index (κ1) is 10.7. The van der Waals surface area contributed by atoms with Gasteiger partial charge >= 0.3 is 0 Å². The Bertz CT molecular complexity index is 159. The Labute approximate surface area is 73.0 Å². The van der Waals surface area contributed by atoms with Crippen molar-refractivity contribution in [3.05, 3.63) is 0 Å². The number of quaternary nitrogens is 1. The van der Waals surface area contributed by atoms with Crippen LogP contribution in [0.5, 0.6) is 0 Å². The summed E-state index contributed by atoms with van der Waals surface area (Å²) in [7, 11) is 3.88. The van der Waals surface area contributed by atoms with E-state index in [2.05, 4.69) is 0 Å². The van der Waals surface area contributed by atoms with E-state index in [1.54, 1.807) is 0 Å². The van der Waals surface area contributed by atoms with Crippen LogP contribution in [0.15, 0.2) is 0 Å². The highest BCUT2D eigenvalue weighted by atomic mass is 35.5. The van der Waals surface area contributed by atoms with Gasteiger partial charge in [-0.25, -0.2) is 0 Å². The van der Waals surface area contributed by atoms with Crippen molar-refractivity contribution in [2.75, 3.05) is 20.6 Å². The first-order valence-electron chi connectivity index (χ1n) is 3.57. The van der Waals surface area contributed by atoms with E-state index < -0.39 is 5.97 Å². The van der Waals surface area contributed by atoms with Crippen molar-refractivity contribution in [2.24, 2.45) is 0 Å². The summed E-state index contributed by atoms with van der Waals surface area (Å²) in [6.45, 7) is 0.957. The number of hydrogen-bond acceptors (Lipinski definition) is 2. The monoisotopic (exact) mass is 179 g/mol. The molecule has 0 bridgehead atoms. The number of rotatable bonds is 1. The second kappa shape index (κ2) is 3.41. The van der Waals surface area contributed by atoms with Crippen LogP contribution in [0, 0.1) is 0 Å². The smallest absolute Gasteiger partial charge is 0.129 e. The molecule has 1 saturated heterocycles. The van der Waals surface area contributed by atoms with Gasteiger partial charge in [0.15, 0.2) is 0 Å². The molecule has 0 saturated carbocycles. The zero-order valence-electron chi connectivity index (χ0n) is 6.87. The maximum atomic E-state index is 10.5. The highest BCUT2D eigenvalue weighted by molar-refractivity contribution is 5.85. The normalized spacial score (nSPS) is 27.6. The number of hydrogen-bond donors (Lipinski definition) is 0. The molecule has 1 aliphatic heterocycles. The fraction of sp³-hybridized carbons (Fsp3) is 0.857. The number of likely N-dealkylation sites (N-methyl/N-ethyl adjacent to an activating group) is 1. The highest BCUT2D eigenvalue weighted by Crippen LogP contribution is 2.20. The van der Waals surface area contributed by atoms with Crippen molar-refractivity contribution in [3.63, 3.8) is 0 Å². The number of nitrogens with zero attached hydrogens (tertiary/aromatic N) is 1. The van der Waals surface area contributed by atoms with Gasteiger partial charge in [0.25, 0.3) is 0 Å². The number of halogens is 1. The molecule has 0 aliphatic carbocycles. The average Bonchev–Trinajstić information content (AvgIpc) is 2.08. The minimum atomic E-state index is -0.900. The molecule has 3 nitrogen and oxygen atoms in total. The van der Waals surface area contributed by atoms with Gasteiger partial charge in [-0.05, 0) is 0 Å². The van der Waals surface area contributed by atoms with Gasteiger partial charge in [0.1, 0.15) is 6.04 Å². The van der Waals surface area contributed by atoms with Crippen LogP contribution >= 0.6 is 12.4 Å². The van der Waals surface area contributed by atoms with E-state index in [4.69, 9.17) is 0 Å². The minimum absolute atomic E-state index is 0. The number of carbonyl (C=O) groups is 1. The molecule has 11 heavy (non-hydrogen) atoms. The van der Waals surface area contributed by atoms with Crippen LogP contribution in [0.1, 0.15) is 12.8 Å². The molecule has 0 spiro atoms. The summed E-state index contributed by atoms with van der Waals surface area (Å²) in [5.74, 6) is -0.900. The SMILES string of the molecule is C[N+]1(C)CCCC1C(=O)[O-].Cl. The Morgan fingerprint density at radius 2 is 2.09 bits per heavy atom. The summed E-state index contributed by atoms with van der Waals surface area (Å²) >= 11 is 0. The lowest BCUT2D eigenvalue weighted by Gasteiger charge is -2.31. The molecule has 0 N–H and O–H groups in total. The van der Waals surface area contributed by atoms with Gasteiger partial charge in [-0.3, -0.25) is 0 Å². The molecule has 1 heterocycles. The summed E-state index contributed by atoms with van der Waals surface area (Å²) in [5, 5.41) is 10.5. The molecule has 0 radical (unpaired) electrons. The van der Waals surface area contributed by atoms with Crippen molar-refractivity contribution in [1.82, 2.24) is 0 Å². The van der Waals surface area contributed by atoms with Gasteiger partial charge in [0, 0.05) is 12.8 Å². The highest BCUT2D eigenvalue weighted by Gasteiger charge is 2.34. The quantitative estimate of drug-likeness (QED) is 0.505. The van der Waals surface area contributed by atoms with E-state index in [1.165, 1.54) is 0 Å². The molecule has 4 heteroatoms. The molecular formula is C7H14ClNO2. The molecule has 1 rings (SSSR count). The summed E-state index contributed by atoms with van der Waals surface area (Å²) in [5.41, 5.74) is 0. The van der Waals surface area contributed by atoms with Gasteiger partial charge in [-0.15, -0.1) is 12.4 Å². The number of carboxylic acids is 1. The molecule has 0 aromatic rings. The average molecular weight is 180 g/mol. The maximum Gasteiger partial charge on any atom is 0.129 e. The van der Waals surface area contributed by atoms with Crippen LogP contribution in [-0.4, -0.2) is 37.1 Å². The summed E-state index contributed by atoms with van der Waals surface area (Å²) in [6, 6.07) is -0.278. The Hall–Kier alpha value is -0.280. The van der Waals surface area contributed by atoms with Crippen molar-refractivity contribution >= 4 is 18.4 Å². The molecule has 1 fully saturated rings. The second-order valence-corrected chi connectivity index (χ2v) is 3.48. The van der Waals surface area contributed by atoms with E-state index in [0.29, 0.717) is 4.48 Å². The fourth-order valence-corrected chi connectivity index (χ4v) is 1.60. The van der Waals surface area contributed by atoms with Crippen LogP contribution in [0.4, 0.5) is 0 Å². The van der Waals surface area contributed by atoms with Crippen molar-refractivity contribution < 1.29 is 14.4 Å². The summed E-state index contributed by atoms with van der Waals surface area (Å²) in [6.07, 6.45) is 1.78. The van der Waals surface area contributed by atoms with Gasteiger partial charge in [0.05, 0.1) is 26.6 Å². The van der Waals surface area contributed by atoms with Crippen molar-refractivity contribution in [2.45, 2.75) is 18.9 Å². The predicted octanol–water partition coefficient (Wildman–Crippen LogP) is -0.603. The Morgan fingerprint density at radius 1 is 1.55 bits per heavy atom. The minimum Gasteiger partial charge on any atom is -0.544 e. The van der Waals surface area contributed by atoms with Gasteiger partial charge < -0.3 is 14.4 Å².